The Balaban J connectivity index is 1.46. The smallest absolute Gasteiger partial charge is 0.216 e. The molecule has 0 saturated carbocycles. The predicted octanol–water partition coefficient (Wildman–Crippen LogP) is 5.38. The number of benzene rings is 1. The van der Waals surface area contributed by atoms with Gasteiger partial charge in [-0.15, -0.1) is 11.3 Å². The predicted molar refractivity (Wildman–Crippen MR) is 108 cm³/mol. The van der Waals surface area contributed by atoms with E-state index in [0.717, 1.165) is 10.6 Å². The number of thiophene rings is 1. The van der Waals surface area contributed by atoms with Gasteiger partial charge in [-0.05, 0) is 60.1 Å². The van der Waals surface area contributed by atoms with Crippen molar-refractivity contribution >= 4 is 41.4 Å². The highest BCUT2D eigenvalue weighted by molar-refractivity contribution is 7.71. The lowest BCUT2D eigenvalue weighted by Gasteiger charge is -2.03. The van der Waals surface area contributed by atoms with Gasteiger partial charge in [0.05, 0.1) is 11.1 Å². The molecule has 0 bridgehead atoms. The minimum atomic E-state index is 0.307. The van der Waals surface area contributed by atoms with E-state index in [1.54, 1.807) is 46.5 Å². The average Bonchev–Trinajstić information content (AvgIpc) is 3.41. The van der Waals surface area contributed by atoms with Crippen LogP contribution in [0.4, 0.5) is 0 Å². The third kappa shape index (κ3) is 4.19. The van der Waals surface area contributed by atoms with E-state index in [0.29, 0.717) is 33.7 Å². The number of ether oxygens (including phenoxy) is 1. The number of rotatable bonds is 6. The lowest BCUT2D eigenvalue weighted by atomic mass is 10.3. The Morgan fingerprint density at radius 1 is 1.26 bits per heavy atom. The molecule has 1 aromatic carbocycles. The van der Waals surface area contributed by atoms with Crippen LogP contribution in [0.3, 0.4) is 0 Å². The molecule has 0 aliphatic heterocycles. The van der Waals surface area contributed by atoms with Crippen molar-refractivity contribution in [3.8, 4) is 16.5 Å². The van der Waals surface area contributed by atoms with E-state index < -0.39 is 0 Å². The van der Waals surface area contributed by atoms with Gasteiger partial charge in [0.15, 0.2) is 5.82 Å². The molecule has 0 amide bonds. The van der Waals surface area contributed by atoms with Crippen LogP contribution in [0.5, 0.6) is 5.75 Å². The molecule has 0 radical (unpaired) electrons. The van der Waals surface area contributed by atoms with Crippen molar-refractivity contribution in [2.75, 3.05) is 0 Å². The molecule has 0 fully saturated rings. The van der Waals surface area contributed by atoms with Gasteiger partial charge < -0.3 is 9.15 Å². The standard InChI is InChI=1S/C18H13ClN4O2S2/c19-12-3-5-13(6-4-12)24-11-15-8-7-14(25-15)10-20-23-17(21-22-18(23)26)16-2-1-9-27-16/h1-10H,11H2,(H,22,26). The van der Waals surface area contributed by atoms with Gasteiger partial charge in [-0.1, -0.05) is 17.7 Å². The quantitative estimate of drug-likeness (QED) is 0.338. The Morgan fingerprint density at radius 3 is 2.89 bits per heavy atom. The van der Waals surface area contributed by atoms with Crippen LogP contribution in [-0.2, 0) is 6.61 Å². The Labute approximate surface area is 168 Å². The minimum Gasteiger partial charge on any atom is -0.486 e. The van der Waals surface area contributed by atoms with Gasteiger partial charge in [0.2, 0.25) is 4.77 Å². The van der Waals surface area contributed by atoms with Crippen molar-refractivity contribution in [3.05, 3.63) is 75.2 Å². The lowest BCUT2D eigenvalue weighted by Crippen LogP contribution is -1.94. The van der Waals surface area contributed by atoms with E-state index in [1.807, 2.05) is 29.6 Å². The summed E-state index contributed by atoms with van der Waals surface area (Å²) >= 11 is 12.7. The first kappa shape index (κ1) is 17.7. The van der Waals surface area contributed by atoms with Crippen LogP contribution in [0.1, 0.15) is 11.5 Å². The summed E-state index contributed by atoms with van der Waals surface area (Å²) in [5, 5.41) is 14.0. The number of hydrogen-bond acceptors (Lipinski definition) is 6. The van der Waals surface area contributed by atoms with Crippen LogP contribution >= 0.6 is 35.2 Å². The van der Waals surface area contributed by atoms with Crippen LogP contribution in [0.15, 0.2) is 63.4 Å². The number of aromatic nitrogens is 3. The molecular formula is C18H13ClN4O2S2. The molecule has 0 saturated heterocycles. The molecule has 1 N–H and O–H groups in total. The molecule has 4 aromatic rings. The summed E-state index contributed by atoms with van der Waals surface area (Å²) in [6.07, 6.45) is 1.59. The number of hydrogen-bond donors (Lipinski definition) is 1. The molecular weight excluding hydrogens is 404 g/mol. The summed E-state index contributed by atoms with van der Waals surface area (Å²) in [6, 6.07) is 14.7. The van der Waals surface area contributed by atoms with Gasteiger partial charge in [-0.2, -0.15) is 14.9 Å². The summed E-state index contributed by atoms with van der Waals surface area (Å²) in [7, 11) is 0. The zero-order valence-corrected chi connectivity index (χ0v) is 16.2. The SMILES string of the molecule is S=c1[nH]nc(-c2cccs2)n1N=Cc1ccc(COc2ccc(Cl)cc2)o1. The molecule has 0 atom stereocenters. The maximum atomic E-state index is 5.86. The normalized spacial score (nSPS) is 11.3. The fourth-order valence-electron chi connectivity index (χ4n) is 2.31. The van der Waals surface area contributed by atoms with E-state index in [9.17, 15) is 0 Å². The maximum absolute atomic E-state index is 5.86. The Bertz CT molecular complexity index is 1110. The largest absolute Gasteiger partial charge is 0.486 e. The van der Waals surface area contributed by atoms with Crippen LogP contribution in [0.25, 0.3) is 10.7 Å². The Hall–Kier alpha value is -2.68. The second-order valence-corrected chi connectivity index (χ2v) is 7.20. The number of halogens is 1. The van der Waals surface area contributed by atoms with E-state index in [-0.39, 0.29) is 0 Å². The Kier molecular flexibility index (Phi) is 5.19. The lowest BCUT2D eigenvalue weighted by molar-refractivity contribution is 0.270. The van der Waals surface area contributed by atoms with Crippen molar-refractivity contribution in [1.82, 2.24) is 14.9 Å². The topological polar surface area (TPSA) is 68.3 Å². The number of aromatic amines is 1. The van der Waals surface area contributed by atoms with E-state index in [4.69, 9.17) is 33.0 Å². The monoisotopic (exact) mass is 416 g/mol. The summed E-state index contributed by atoms with van der Waals surface area (Å²) in [5.74, 6) is 2.64. The van der Waals surface area contributed by atoms with Crippen LogP contribution in [0.2, 0.25) is 5.02 Å². The number of H-pyrrole nitrogens is 1. The number of nitrogens with one attached hydrogen (secondary N) is 1. The van der Waals surface area contributed by atoms with Crippen LogP contribution in [0, 0.1) is 4.77 Å². The molecule has 136 valence electrons. The second-order valence-electron chi connectivity index (χ2n) is 5.43. The van der Waals surface area contributed by atoms with Gasteiger partial charge in [-0.3, -0.25) is 0 Å². The molecule has 0 spiro atoms. The Morgan fingerprint density at radius 2 is 2.11 bits per heavy atom. The van der Waals surface area contributed by atoms with Gasteiger partial charge in [-0.25, -0.2) is 5.10 Å². The van der Waals surface area contributed by atoms with E-state index in [1.165, 1.54) is 0 Å². The van der Waals surface area contributed by atoms with Crippen LogP contribution < -0.4 is 4.74 Å². The summed E-state index contributed by atoms with van der Waals surface area (Å²) < 4.78 is 13.4. The average molecular weight is 417 g/mol. The third-order valence-corrected chi connectivity index (χ3v) is 4.95. The molecule has 9 heteroatoms. The number of nitrogens with zero attached hydrogens (tertiary/aromatic N) is 3. The van der Waals surface area contributed by atoms with Gasteiger partial charge in [0.25, 0.3) is 0 Å². The highest BCUT2D eigenvalue weighted by Crippen LogP contribution is 2.22. The van der Waals surface area contributed by atoms with Crippen LogP contribution in [-0.4, -0.2) is 21.1 Å². The van der Waals surface area contributed by atoms with Gasteiger partial charge in [0.1, 0.15) is 23.9 Å². The van der Waals surface area contributed by atoms with Crippen molar-refractivity contribution in [1.29, 1.82) is 0 Å². The highest BCUT2D eigenvalue weighted by Gasteiger charge is 2.09. The zero-order chi connectivity index (χ0) is 18.6. The molecule has 6 nitrogen and oxygen atoms in total. The fraction of sp³-hybridized carbons (Fsp3) is 0.0556. The maximum Gasteiger partial charge on any atom is 0.216 e. The molecule has 0 aliphatic rings. The second kappa shape index (κ2) is 7.91. The first-order valence-electron chi connectivity index (χ1n) is 7.92. The van der Waals surface area contributed by atoms with Crippen molar-refractivity contribution in [2.24, 2.45) is 5.10 Å². The van der Waals surface area contributed by atoms with Crippen molar-refractivity contribution in [2.45, 2.75) is 6.61 Å². The van der Waals surface area contributed by atoms with Gasteiger partial charge in [0, 0.05) is 5.02 Å². The molecule has 3 heterocycles. The first-order chi connectivity index (χ1) is 13.2. The zero-order valence-electron chi connectivity index (χ0n) is 13.8. The molecule has 27 heavy (non-hydrogen) atoms. The summed E-state index contributed by atoms with van der Waals surface area (Å²) in [4.78, 5) is 0.969. The summed E-state index contributed by atoms with van der Waals surface area (Å²) in [5.41, 5.74) is 0. The minimum absolute atomic E-state index is 0.307. The first-order valence-corrected chi connectivity index (χ1v) is 9.58. The fourth-order valence-corrected chi connectivity index (χ4v) is 3.31. The van der Waals surface area contributed by atoms with E-state index >= 15 is 0 Å². The highest BCUT2D eigenvalue weighted by atomic mass is 35.5. The third-order valence-electron chi connectivity index (χ3n) is 3.57. The number of furan rings is 1. The molecule has 3 aromatic heterocycles. The molecule has 4 rings (SSSR count). The molecule has 0 aliphatic carbocycles. The van der Waals surface area contributed by atoms with Gasteiger partial charge >= 0.3 is 0 Å². The van der Waals surface area contributed by atoms with Crippen molar-refractivity contribution < 1.29 is 9.15 Å². The van der Waals surface area contributed by atoms with E-state index in [2.05, 4.69) is 15.3 Å². The van der Waals surface area contributed by atoms with Crippen molar-refractivity contribution in [3.63, 3.8) is 0 Å². The summed E-state index contributed by atoms with van der Waals surface area (Å²) in [6.45, 7) is 0.307. The molecule has 0 unspecified atom stereocenters.